The summed E-state index contributed by atoms with van der Waals surface area (Å²) in [6.45, 7) is 0.747. The van der Waals surface area contributed by atoms with E-state index in [1.54, 1.807) is 12.1 Å². The van der Waals surface area contributed by atoms with Gasteiger partial charge < -0.3 is 24.1 Å². The number of nitrogens with zero attached hydrogens (tertiary/aromatic N) is 3. The van der Waals surface area contributed by atoms with Crippen LogP contribution in [-0.4, -0.2) is 42.0 Å². The smallest absolute Gasteiger partial charge is 0.259 e. The van der Waals surface area contributed by atoms with Crippen LogP contribution in [0.15, 0.2) is 30.3 Å². The molecule has 9 heteroatoms. The second kappa shape index (κ2) is 9.25. The topological polar surface area (TPSA) is 87.5 Å². The predicted molar refractivity (Wildman–Crippen MR) is 117 cm³/mol. The van der Waals surface area contributed by atoms with Gasteiger partial charge in [0, 0.05) is 30.8 Å². The molecule has 1 aromatic heterocycles. The van der Waals surface area contributed by atoms with Crippen LogP contribution in [0.2, 0.25) is 0 Å². The van der Waals surface area contributed by atoms with Crippen molar-refractivity contribution in [2.45, 2.75) is 32.2 Å². The van der Waals surface area contributed by atoms with Crippen LogP contribution < -0.4 is 19.5 Å². The molecule has 2 aromatic carbocycles. The van der Waals surface area contributed by atoms with Crippen molar-refractivity contribution in [3.8, 4) is 28.6 Å². The van der Waals surface area contributed by atoms with Crippen molar-refractivity contribution in [2.75, 3.05) is 26.6 Å². The third-order valence-corrected chi connectivity index (χ3v) is 5.52. The number of halogens is 1. The van der Waals surface area contributed by atoms with Crippen molar-refractivity contribution < 1.29 is 23.4 Å². The Kier molecular flexibility index (Phi) is 6.25. The van der Waals surface area contributed by atoms with E-state index in [1.165, 1.54) is 39.5 Å². The van der Waals surface area contributed by atoms with Crippen molar-refractivity contribution in [1.29, 1.82) is 0 Å². The van der Waals surface area contributed by atoms with Gasteiger partial charge in [-0.15, -0.1) is 10.2 Å². The molecule has 0 radical (unpaired) electrons. The number of benzene rings is 2. The minimum absolute atomic E-state index is 0.257. The standard InChI is InChI=1S/C23H25FN4O4/c1-30-18-13-20(32-3)19(31-2)12-16(18)23(29)25-14-8-9-17(24)15(11-14)22-27-26-21-7-5-4-6-10-28(21)22/h8-9,11-13H,4-7,10H2,1-3H3,(H,25,29). The lowest BCUT2D eigenvalue weighted by Crippen LogP contribution is -2.14. The first-order chi connectivity index (χ1) is 15.5. The number of methoxy groups -OCH3 is 3. The fourth-order valence-electron chi connectivity index (χ4n) is 3.86. The third-order valence-electron chi connectivity index (χ3n) is 5.52. The number of amides is 1. The summed E-state index contributed by atoms with van der Waals surface area (Å²) >= 11 is 0. The van der Waals surface area contributed by atoms with E-state index in [2.05, 4.69) is 15.5 Å². The number of hydrogen-bond donors (Lipinski definition) is 1. The zero-order chi connectivity index (χ0) is 22.7. The lowest BCUT2D eigenvalue weighted by atomic mass is 10.1. The number of carbonyl (C=O) groups is 1. The summed E-state index contributed by atoms with van der Waals surface area (Å²) in [7, 11) is 4.45. The Morgan fingerprint density at radius 2 is 1.72 bits per heavy atom. The highest BCUT2D eigenvalue weighted by molar-refractivity contribution is 6.07. The molecule has 0 aliphatic carbocycles. The Labute approximate surface area is 185 Å². The molecule has 3 aromatic rings. The second-order valence-electron chi connectivity index (χ2n) is 7.46. The van der Waals surface area contributed by atoms with Crippen molar-refractivity contribution in [3.05, 3.63) is 47.5 Å². The number of rotatable bonds is 6. The third kappa shape index (κ3) is 4.10. The fraction of sp³-hybridized carbons (Fsp3) is 0.348. The Morgan fingerprint density at radius 3 is 2.47 bits per heavy atom. The van der Waals surface area contributed by atoms with Crippen LogP contribution in [0.4, 0.5) is 10.1 Å². The highest BCUT2D eigenvalue weighted by Gasteiger charge is 2.21. The Balaban J connectivity index is 1.66. The first-order valence-corrected chi connectivity index (χ1v) is 10.4. The largest absolute Gasteiger partial charge is 0.496 e. The number of fused-ring (bicyclic) bond motifs is 1. The quantitative estimate of drug-likeness (QED) is 0.621. The fourth-order valence-corrected chi connectivity index (χ4v) is 3.86. The van der Waals surface area contributed by atoms with Gasteiger partial charge in [-0.25, -0.2) is 4.39 Å². The summed E-state index contributed by atoms with van der Waals surface area (Å²) in [6, 6.07) is 7.51. The van der Waals surface area contributed by atoms with Crippen LogP contribution in [0.3, 0.4) is 0 Å². The Hall–Kier alpha value is -3.62. The summed E-state index contributed by atoms with van der Waals surface area (Å²) in [5.74, 6) is 1.64. The van der Waals surface area contributed by atoms with Gasteiger partial charge in [-0.2, -0.15) is 0 Å². The minimum Gasteiger partial charge on any atom is -0.496 e. The Bertz CT molecular complexity index is 1150. The molecule has 8 nitrogen and oxygen atoms in total. The molecule has 2 heterocycles. The number of anilines is 1. The van der Waals surface area contributed by atoms with Gasteiger partial charge >= 0.3 is 0 Å². The normalized spacial score (nSPS) is 13.1. The van der Waals surface area contributed by atoms with Crippen molar-refractivity contribution in [2.24, 2.45) is 0 Å². The molecule has 0 fully saturated rings. The monoisotopic (exact) mass is 440 g/mol. The van der Waals surface area contributed by atoms with Crippen molar-refractivity contribution in [3.63, 3.8) is 0 Å². The average Bonchev–Trinajstić information content (AvgIpc) is 3.06. The van der Waals surface area contributed by atoms with E-state index >= 15 is 0 Å². The molecule has 0 atom stereocenters. The van der Waals surface area contributed by atoms with Crippen molar-refractivity contribution >= 4 is 11.6 Å². The Morgan fingerprint density at radius 1 is 0.969 bits per heavy atom. The molecule has 32 heavy (non-hydrogen) atoms. The first-order valence-electron chi connectivity index (χ1n) is 10.4. The van der Waals surface area contributed by atoms with Gasteiger partial charge in [0.05, 0.1) is 32.5 Å². The highest BCUT2D eigenvalue weighted by Crippen LogP contribution is 2.35. The minimum atomic E-state index is -0.430. The van der Waals surface area contributed by atoms with Crippen LogP contribution in [0, 0.1) is 5.82 Å². The van der Waals surface area contributed by atoms with Crippen LogP contribution in [0.1, 0.15) is 35.4 Å². The number of aromatic nitrogens is 3. The van der Waals surface area contributed by atoms with E-state index < -0.39 is 11.7 Å². The highest BCUT2D eigenvalue weighted by atomic mass is 19.1. The molecule has 0 bridgehead atoms. The zero-order valence-corrected chi connectivity index (χ0v) is 18.3. The summed E-state index contributed by atoms with van der Waals surface area (Å²) in [6.07, 6.45) is 3.97. The molecular formula is C23H25FN4O4. The molecular weight excluding hydrogens is 415 g/mol. The van der Waals surface area contributed by atoms with Gasteiger partial charge in [-0.1, -0.05) is 6.42 Å². The van der Waals surface area contributed by atoms with E-state index in [1.807, 2.05) is 4.57 Å². The summed E-state index contributed by atoms with van der Waals surface area (Å²) < 4.78 is 32.6. The molecule has 1 amide bonds. The van der Waals surface area contributed by atoms with Crippen molar-refractivity contribution in [1.82, 2.24) is 14.8 Å². The zero-order valence-electron chi connectivity index (χ0n) is 18.3. The average molecular weight is 440 g/mol. The summed E-state index contributed by atoms with van der Waals surface area (Å²) in [5.41, 5.74) is 0.976. The van der Waals surface area contributed by atoms with E-state index in [-0.39, 0.29) is 5.56 Å². The molecule has 0 saturated carbocycles. The van der Waals surface area contributed by atoms with Gasteiger partial charge in [0.25, 0.3) is 5.91 Å². The molecule has 1 aliphatic rings. The maximum absolute atomic E-state index is 14.7. The van der Waals surface area contributed by atoms with E-state index in [4.69, 9.17) is 14.2 Å². The van der Waals surface area contributed by atoms with Crippen LogP contribution >= 0.6 is 0 Å². The molecule has 168 valence electrons. The molecule has 4 rings (SSSR count). The summed E-state index contributed by atoms with van der Waals surface area (Å²) in [5, 5.41) is 11.3. The second-order valence-corrected chi connectivity index (χ2v) is 7.46. The lowest BCUT2D eigenvalue weighted by Gasteiger charge is -2.14. The lowest BCUT2D eigenvalue weighted by molar-refractivity contribution is 0.102. The number of hydrogen-bond acceptors (Lipinski definition) is 6. The van der Waals surface area contributed by atoms with Gasteiger partial charge in [0.15, 0.2) is 17.3 Å². The SMILES string of the molecule is COc1cc(OC)c(C(=O)Nc2ccc(F)c(-c3nnc4n3CCCCC4)c2)cc1OC. The van der Waals surface area contributed by atoms with Crippen LogP contribution in [-0.2, 0) is 13.0 Å². The van der Waals surface area contributed by atoms with Gasteiger partial charge in [-0.3, -0.25) is 4.79 Å². The predicted octanol–water partition coefficient (Wildman–Crippen LogP) is 4.09. The van der Waals surface area contributed by atoms with Gasteiger partial charge in [0.2, 0.25) is 0 Å². The first kappa shape index (κ1) is 21.6. The van der Waals surface area contributed by atoms with E-state index in [0.717, 1.165) is 38.1 Å². The van der Waals surface area contributed by atoms with Gasteiger partial charge in [0.1, 0.15) is 17.4 Å². The van der Waals surface area contributed by atoms with Gasteiger partial charge in [-0.05, 0) is 31.0 Å². The molecule has 1 N–H and O–H groups in total. The van der Waals surface area contributed by atoms with Crippen LogP contribution in [0.5, 0.6) is 17.2 Å². The van der Waals surface area contributed by atoms with E-state index in [9.17, 15) is 9.18 Å². The van der Waals surface area contributed by atoms with E-state index in [0.29, 0.717) is 34.3 Å². The maximum atomic E-state index is 14.7. The maximum Gasteiger partial charge on any atom is 0.259 e. The molecule has 0 spiro atoms. The molecule has 1 aliphatic heterocycles. The summed E-state index contributed by atoms with van der Waals surface area (Å²) in [4.78, 5) is 13.0. The number of ether oxygens (including phenoxy) is 3. The molecule has 0 unspecified atom stereocenters. The number of nitrogens with one attached hydrogen (secondary N) is 1. The number of carbonyl (C=O) groups excluding carboxylic acids is 1. The molecule has 0 saturated heterocycles. The van der Waals surface area contributed by atoms with Crippen LogP contribution in [0.25, 0.3) is 11.4 Å². The number of aryl methyl sites for hydroxylation is 1.